The molecule has 0 radical (unpaired) electrons. The minimum absolute atomic E-state index is 0.0689. The van der Waals surface area contributed by atoms with Crippen molar-refractivity contribution in [2.45, 2.75) is 31.3 Å². The molecule has 0 aliphatic heterocycles. The second kappa shape index (κ2) is 6.10. The molecule has 21 heavy (non-hydrogen) atoms. The molecule has 3 N–H and O–H groups in total. The maximum atomic E-state index is 12.3. The Hall–Kier alpha value is -2.13. The van der Waals surface area contributed by atoms with E-state index in [2.05, 4.69) is 17.4 Å². The minimum atomic E-state index is -0.500. The van der Waals surface area contributed by atoms with Crippen molar-refractivity contribution < 1.29 is 4.79 Å². The molecule has 1 amide bonds. The third kappa shape index (κ3) is 3.14. The molecule has 108 valence electrons. The van der Waals surface area contributed by atoms with Crippen LogP contribution in [0.2, 0.25) is 0 Å². The molecule has 2 aromatic carbocycles. The maximum absolute atomic E-state index is 12.3. The first-order chi connectivity index (χ1) is 10.2. The number of hydrogen-bond donors (Lipinski definition) is 2. The fourth-order valence-corrected chi connectivity index (χ4v) is 2.95. The predicted molar refractivity (Wildman–Crippen MR) is 83.8 cm³/mol. The highest BCUT2D eigenvalue weighted by Crippen LogP contribution is 2.30. The number of carbonyl (C=O) groups is 1. The van der Waals surface area contributed by atoms with Gasteiger partial charge in [-0.2, -0.15) is 0 Å². The molecule has 2 atom stereocenters. The van der Waals surface area contributed by atoms with E-state index >= 15 is 0 Å². The second-order valence-electron chi connectivity index (χ2n) is 5.59. The van der Waals surface area contributed by atoms with Gasteiger partial charge in [0.25, 0.3) is 0 Å². The van der Waals surface area contributed by atoms with Gasteiger partial charge in [-0.15, -0.1) is 0 Å². The molecule has 0 bridgehead atoms. The summed E-state index contributed by atoms with van der Waals surface area (Å²) in [5.41, 5.74) is 9.69. The Balaban J connectivity index is 1.62. The highest BCUT2D eigenvalue weighted by molar-refractivity contribution is 5.82. The molecule has 0 aromatic heterocycles. The van der Waals surface area contributed by atoms with Crippen molar-refractivity contribution in [2.75, 3.05) is 0 Å². The van der Waals surface area contributed by atoms with Crippen LogP contribution in [0, 0.1) is 0 Å². The Morgan fingerprint density at radius 1 is 1.14 bits per heavy atom. The fraction of sp³-hybridized carbons (Fsp3) is 0.278. The maximum Gasteiger partial charge on any atom is 0.237 e. The number of fused-ring (bicyclic) bond motifs is 1. The van der Waals surface area contributed by atoms with Crippen LogP contribution in [-0.2, 0) is 17.6 Å². The molecule has 1 aliphatic carbocycles. The Morgan fingerprint density at radius 3 is 2.67 bits per heavy atom. The van der Waals surface area contributed by atoms with Gasteiger partial charge < -0.3 is 11.1 Å². The first-order valence-electron chi connectivity index (χ1n) is 7.42. The summed E-state index contributed by atoms with van der Waals surface area (Å²) in [6.07, 6.45) is 2.55. The van der Waals surface area contributed by atoms with Crippen LogP contribution in [0.25, 0.3) is 0 Å². The van der Waals surface area contributed by atoms with Crippen molar-refractivity contribution in [2.24, 2.45) is 5.73 Å². The van der Waals surface area contributed by atoms with Gasteiger partial charge in [-0.3, -0.25) is 4.79 Å². The lowest BCUT2D eigenvalue weighted by Gasteiger charge is -2.18. The number of hydrogen-bond acceptors (Lipinski definition) is 2. The van der Waals surface area contributed by atoms with E-state index in [1.165, 1.54) is 11.1 Å². The Morgan fingerprint density at radius 2 is 1.86 bits per heavy atom. The van der Waals surface area contributed by atoms with Gasteiger partial charge in [0.2, 0.25) is 5.91 Å². The summed E-state index contributed by atoms with van der Waals surface area (Å²) >= 11 is 0. The Kier molecular flexibility index (Phi) is 4.02. The monoisotopic (exact) mass is 280 g/mol. The first kappa shape index (κ1) is 13.8. The zero-order valence-electron chi connectivity index (χ0n) is 12.0. The molecule has 0 heterocycles. The van der Waals surface area contributed by atoms with Gasteiger partial charge >= 0.3 is 0 Å². The number of benzene rings is 2. The van der Waals surface area contributed by atoms with E-state index in [1.807, 2.05) is 42.5 Å². The number of carbonyl (C=O) groups excluding carboxylic acids is 1. The smallest absolute Gasteiger partial charge is 0.237 e. The minimum Gasteiger partial charge on any atom is -0.348 e. The highest BCUT2D eigenvalue weighted by atomic mass is 16.2. The topological polar surface area (TPSA) is 55.1 Å². The van der Waals surface area contributed by atoms with Crippen LogP contribution in [0.4, 0.5) is 0 Å². The molecule has 2 aromatic rings. The average Bonchev–Trinajstić information content (AvgIpc) is 2.91. The van der Waals surface area contributed by atoms with Crippen molar-refractivity contribution in [1.29, 1.82) is 0 Å². The number of amides is 1. The lowest BCUT2D eigenvalue weighted by molar-refractivity contribution is -0.123. The van der Waals surface area contributed by atoms with E-state index in [0.717, 1.165) is 18.4 Å². The van der Waals surface area contributed by atoms with Crippen LogP contribution in [-0.4, -0.2) is 11.9 Å². The molecule has 0 saturated heterocycles. The molecular formula is C18H20N2O. The van der Waals surface area contributed by atoms with Crippen LogP contribution < -0.4 is 11.1 Å². The predicted octanol–water partition coefficient (Wildman–Crippen LogP) is 2.36. The Bertz CT molecular complexity index is 624. The lowest BCUT2D eigenvalue weighted by atomic mass is 10.0. The quantitative estimate of drug-likeness (QED) is 0.903. The number of nitrogens with two attached hydrogens (primary N) is 1. The highest BCUT2D eigenvalue weighted by Gasteiger charge is 2.25. The van der Waals surface area contributed by atoms with Crippen molar-refractivity contribution in [3.05, 3.63) is 71.3 Å². The molecular weight excluding hydrogens is 260 g/mol. The normalized spacial score (nSPS) is 18.0. The summed E-state index contributed by atoms with van der Waals surface area (Å²) in [7, 11) is 0. The fourth-order valence-electron chi connectivity index (χ4n) is 2.95. The molecule has 0 spiro atoms. The molecule has 3 rings (SSSR count). The second-order valence-corrected chi connectivity index (χ2v) is 5.59. The van der Waals surface area contributed by atoms with Crippen LogP contribution in [0.5, 0.6) is 0 Å². The third-order valence-corrected chi connectivity index (χ3v) is 4.08. The van der Waals surface area contributed by atoms with Gasteiger partial charge in [0.15, 0.2) is 0 Å². The molecule has 1 aliphatic rings. The van der Waals surface area contributed by atoms with Gasteiger partial charge in [-0.05, 0) is 36.0 Å². The summed E-state index contributed by atoms with van der Waals surface area (Å²) in [6.45, 7) is 0. The van der Waals surface area contributed by atoms with Crippen LogP contribution in [0.1, 0.15) is 29.2 Å². The van der Waals surface area contributed by atoms with Crippen molar-refractivity contribution >= 4 is 5.91 Å². The molecule has 0 fully saturated rings. The number of nitrogens with one attached hydrogen (secondary N) is 1. The third-order valence-electron chi connectivity index (χ3n) is 4.08. The van der Waals surface area contributed by atoms with Gasteiger partial charge in [0.05, 0.1) is 12.1 Å². The molecule has 3 nitrogen and oxygen atoms in total. The van der Waals surface area contributed by atoms with E-state index in [9.17, 15) is 4.79 Å². The van der Waals surface area contributed by atoms with Crippen molar-refractivity contribution in [3.8, 4) is 0 Å². The summed E-state index contributed by atoms with van der Waals surface area (Å²) < 4.78 is 0. The van der Waals surface area contributed by atoms with Crippen LogP contribution >= 0.6 is 0 Å². The Labute approximate surface area is 125 Å². The summed E-state index contributed by atoms with van der Waals surface area (Å²) in [5.74, 6) is -0.0689. The zero-order valence-corrected chi connectivity index (χ0v) is 12.0. The first-order valence-corrected chi connectivity index (χ1v) is 7.42. The molecule has 0 unspecified atom stereocenters. The largest absolute Gasteiger partial charge is 0.348 e. The van der Waals surface area contributed by atoms with Crippen LogP contribution in [0.15, 0.2) is 54.6 Å². The van der Waals surface area contributed by atoms with E-state index < -0.39 is 6.04 Å². The summed E-state index contributed by atoms with van der Waals surface area (Å²) in [4.78, 5) is 12.3. The van der Waals surface area contributed by atoms with E-state index in [4.69, 9.17) is 5.73 Å². The van der Waals surface area contributed by atoms with Gasteiger partial charge in [-0.25, -0.2) is 0 Å². The van der Waals surface area contributed by atoms with E-state index in [1.54, 1.807) is 0 Å². The molecule has 0 saturated carbocycles. The SMILES string of the molecule is N[C@H](Cc1ccccc1)C(=O)N[C@@H]1CCc2ccccc21. The lowest BCUT2D eigenvalue weighted by Crippen LogP contribution is -2.43. The van der Waals surface area contributed by atoms with Crippen molar-refractivity contribution in [1.82, 2.24) is 5.32 Å². The standard InChI is InChI=1S/C18H20N2O/c19-16(12-13-6-2-1-3-7-13)18(21)20-17-11-10-14-8-4-5-9-15(14)17/h1-9,16-17H,10-12,19H2,(H,20,21)/t16-,17-/m1/s1. The molecule has 3 heteroatoms. The van der Waals surface area contributed by atoms with Gasteiger partial charge in [-0.1, -0.05) is 54.6 Å². The van der Waals surface area contributed by atoms with Crippen LogP contribution in [0.3, 0.4) is 0 Å². The van der Waals surface area contributed by atoms with E-state index in [-0.39, 0.29) is 11.9 Å². The average molecular weight is 280 g/mol. The zero-order chi connectivity index (χ0) is 14.7. The van der Waals surface area contributed by atoms with Crippen molar-refractivity contribution in [3.63, 3.8) is 0 Å². The number of rotatable bonds is 4. The van der Waals surface area contributed by atoms with E-state index in [0.29, 0.717) is 6.42 Å². The van der Waals surface area contributed by atoms with Gasteiger partial charge in [0.1, 0.15) is 0 Å². The van der Waals surface area contributed by atoms with Gasteiger partial charge in [0, 0.05) is 0 Å². The number of aryl methyl sites for hydroxylation is 1. The summed E-state index contributed by atoms with van der Waals surface area (Å²) in [6, 6.07) is 17.8. The summed E-state index contributed by atoms with van der Waals surface area (Å²) in [5, 5.41) is 3.09.